The van der Waals surface area contributed by atoms with Crippen LogP contribution in [0, 0.1) is 20.8 Å². The van der Waals surface area contributed by atoms with Crippen molar-refractivity contribution < 1.29 is 4.74 Å². The van der Waals surface area contributed by atoms with Crippen LogP contribution in [0.4, 0.5) is 5.69 Å². The molecule has 1 aliphatic rings. The zero-order chi connectivity index (χ0) is 14.1. The number of benzene rings is 2. The monoisotopic (exact) mass is 267 g/mol. The Hall–Kier alpha value is -1.96. The SMILES string of the molecule is Cc1ccc2c(c1)CC(CNc1ccc(C)c(C)c1)O2. The van der Waals surface area contributed by atoms with Gasteiger partial charge in [-0.25, -0.2) is 0 Å². The Morgan fingerprint density at radius 1 is 1.05 bits per heavy atom. The van der Waals surface area contributed by atoms with Crippen LogP contribution in [-0.2, 0) is 6.42 Å². The molecule has 2 heteroatoms. The molecule has 0 bridgehead atoms. The number of aryl methyl sites for hydroxylation is 3. The van der Waals surface area contributed by atoms with Crippen LogP contribution < -0.4 is 10.1 Å². The summed E-state index contributed by atoms with van der Waals surface area (Å²) in [5.41, 5.74) is 6.45. The Morgan fingerprint density at radius 2 is 1.90 bits per heavy atom. The maximum Gasteiger partial charge on any atom is 0.123 e. The van der Waals surface area contributed by atoms with Crippen LogP contribution in [0.2, 0.25) is 0 Å². The summed E-state index contributed by atoms with van der Waals surface area (Å²) in [6.07, 6.45) is 1.22. The second-order valence-electron chi connectivity index (χ2n) is 5.74. The van der Waals surface area contributed by atoms with Crippen LogP contribution >= 0.6 is 0 Å². The highest BCUT2D eigenvalue weighted by molar-refractivity contribution is 5.48. The maximum atomic E-state index is 5.98. The first kappa shape index (κ1) is 13.0. The van der Waals surface area contributed by atoms with Gasteiger partial charge in [-0.3, -0.25) is 0 Å². The average molecular weight is 267 g/mol. The Bertz CT molecular complexity index is 633. The van der Waals surface area contributed by atoms with Crippen LogP contribution in [0.5, 0.6) is 5.75 Å². The molecule has 1 N–H and O–H groups in total. The molecule has 2 nitrogen and oxygen atoms in total. The molecule has 2 aromatic rings. The molecule has 0 aliphatic carbocycles. The van der Waals surface area contributed by atoms with Gasteiger partial charge in [-0.15, -0.1) is 0 Å². The molecule has 0 amide bonds. The van der Waals surface area contributed by atoms with E-state index in [1.807, 2.05) is 0 Å². The molecule has 0 fully saturated rings. The van der Waals surface area contributed by atoms with Crippen molar-refractivity contribution in [3.8, 4) is 5.75 Å². The third-order valence-corrected chi connectivity index (χ3v) is 4.00. The quantitative estimate of drug-likeness (QED) is 0.906. The topological polar surface area (TPSA) is 21.3 Å². The average Bonchev–Trinajstić information content (AvgIpc) is 2.82. The summed E-state index contributed by atoms with van der Waals surface area (Å²) in [6, 6.07) is 12.9. The van der Waals surface area contributed by atoms with Gasteiger partial charge in [0.05, 0.1) is 6.54 Å². The number of hydrogen-bond acceptors (Lipinski definition) is 2. The molecule has 0 radical (unpaired) electrons. The van der Waals surface area contributed by atoms with E-state index in [9.17, 15) is 0 Å². The third kappa shape index (κ3) is 2.64. The van der Waals surface area contributed by atoms with Crippen molar-refractivity contribution in [3.05, 3.63) is 58.7 Å². The molecule has 20 heavy (non-hydrogen) atoms. The van der Waals surface area contributed by atoms with Crippen molar-refractivity contribution >= 4 is 5.69 Å². The van der Waals surface area contributed by atoms with Crippen molar-refractivity contribution in [1.29, 1.82) is 0 Å². The molecule has 1 aliphatic heterocycles. The zero-order valence-corrected chi connectivity index (χ0v) is 12.4. The zero-order valence-electron chi connectivity index (χ0n) is 12.4. The predicted octanol–water partition coefficient (Wildman–Crippen LogP) is 4.03. The minimum Gasteiger partial charge on any atom is -0.488 e. The summed E-state index contributed by atoms with van der Waals surface area (Å²) in [4.78, 5) is 0. The molecular weight excluding hydrogens is 246 g/mol. The van der Waals surface area contributed by atoms with Gasteiger partial charge < -0.3 is 10.1 Å². The highest BCUT2D eigenvalue weighted by atomic mass is 16.5. The van der Waals surface area contributed by atoms with Gasteiger partial charge in [0.25, 0.3) is 0 Å². The molecule has 1 heterocycles. The summed E-state index contributed by atoms with van der Waals surface area (Å²) in [5, 5.41) is 3.48. The van der Waals surface area contributed by atoms with Crippen LogP contribution in [-0.4, -0.2) is 12.6 Å². The smallest absolute Gasteiger partial charge is 0.123 e. The highest BCUT2D eigenvalue weighted by Gasteiger charge is 2.22. The molecule has 0 aromatic heterocycles. The van der Waals surface area contributed by atoms with E-state index >= 15 is 0 Å². The van der Waals surface area contributed by atoms with Crippen molar-refractivity contribution in [2.45, 2.75) is 33.3 Å². The molecule has 0 saturated carbocycles. The summed E-state index contributed by atoms with van der Waals surface area (Å²) in [6.45, 7) is 7.25. The number of nitrogens with one attached hydrogen (secondary N) is 1. The normalized spacial score (nSPS) is 16.6. The van der Waals surface area contributed by atoms with E-state index in [0.717, 1.165) is 18.7 Å². The molecule has 1 atom stereocenters. The lowest BCUT2D eigenvalue weighted by atomic mass is 10.1. The fourth-order valence-corrected chi connectivity index (χ4v) is 2.65. The highest BCUT2D eigenvalue weighted by Crippen LogP contribution is 2.29. The second kappa shape index (κ2) is 5.20. The lowest BCUT2D eigenvalue weighted by Gasteiger charge is -2.13. The van der Waals surface area contributed by atoms with Gasteiger partial charge in [-0.05, 0) is 55.7 Å². The van der Waals surface area contributed by atoms with E-state index < -0.39 is 0 Å². The van der Waals surface area contributed by atoms with Crippen molar-refractivity contribution in [3.63, 3.8) is 0 Å². The Labute approximate surface area is 120 Å². The largest absolute Gasteiger partial charge is 0.488 e. The predicted molar refractivity (Wildman–Crippen MR) is 83.7 cm³/mol. The summed E-state index contributed by atoms with van der Waals surface area (Å²) < 4.78 is 5.98. The van der Waals surface area contributed by atoms with E-state index in [1.165, 1.54) is 27.9 Å². The van der Waals surface area contributed by atoms with Crippen LogP contribution in [0.15, 0.2) is 36.4 Å². The molecule has 3 rings (SSSR count). The van der Waals surface area contributed by atoms with Crippen molar-refractivity contribution in [1.82, 2.24) is 0 Å². The molecule has 0 saturated heterocycles. The van der Waals surface area contributed by atoms with Gasteiger partial charge in [-0.2, -0.15) is 0 Å². The first-order valence-electron chi connectivity index (χ1n) is 7.19. The van der Waals surface area contributed by atoms with Crippen molar-refractivity contribution in [2.75, 3.05) is 11.9 Å². The standard InChI is InChI=1S/C18H21NO/c1-12-4-7-18-15(8-12)10-17(20-18)11-19-16-6-5-13(2)14(3)9-16/h4-9,17,19H,10-11H2,1-3H3. The Kier molecular flexibility index (Phi) is 3.39. The molecule has 1 unspecified atom stereocenters. The van der Waals surface area contributed by atoms with E-state index in [4.69, 9.17) is 4.74 Å². The fourth-order valence-electron chi connectivity index (χ4n) is 2.65. The first-order valence-corrected chi connectivity index (χ1v) is 7.19. The second-order valence-corrected chi connectivity index (χ2v) is 5.74. The van der Waals surface area contributed by atoms with E-state index in [1.54, 1.807) is 0 Å². The number of hydrogen-bond donors (Lipinski definition) is 1. The van der Waals surface area contributed by atoms with E-state index in [2.05, 4.69) is 62.5 Å². The van der Waals surface area contributed by atoms with Crippen LogP contribution in [0.25, 0.3) is 0 Å². The van der Waals surface area contributed by atoms with Gasteiger partial charge in [0.2, 0.25) is 0 Å². The van der Waals surface area contributed by atoms with Gasteiger partial charge in [0.15, 0.2) is 0 Å². The molecular formula is C18H21NO. The van der Waals surface area contributed by atoms with Gasteiger partial charge >= 0.3 is 0 Å². The number of anilines is 1. The third-order valence-electron chi connectivity index (χ3n) is 4.00. The number of rotatable bonds is 3. The minimum absolute atomic E-state index is 0.230. The molecule has 0 spiro atoms. The van der Waals surface area contributed by atoms with Crippen LogP contribution in [0.3, 0.4) is 0 Å². The van der Waals surface area contributed by atoms with Gasteiger partial charge in [-0.1, -0.05) is 23.8 Å². The first-order chi connectivity index (χ1) is 9.61. The fraction of sp³-hybridized carbons (Fsp3) is 0.333. The number of fused-ring (bicyclic) bond motifs is 1. The minimum atomic E-state index is 0.230. The van der Waals surface area contributed by atoms with E-state index in [-0.39, 0.29) is 6.10 Å². The molecule has 104 valence electrons. The lowest BCUT2D eigenvalue weighted by molar-refractivity contribution is 0.246. The van der Waals surface area contributed by atoms with Gasteiger partial charge in [0, 0.05) is 12.1 Å². The Morgan fingerprint density at radius 3 is 2.70 bits per heavy atom. The maximum absolute atomic E-state index is 5.98. The summed E-state index contributed by atoms with van der Waals surface area (Å²) in [5.74, 6) is 1.04. The summed E-state index contributed by atoms with van der Waals surface area (Å²) in [7, 11) is 0. The van der Waals surface area contributed by atoms with Crippen LogP contribution in [0.1, 0.15) is 22.3 Å². The van der Waals surface area contributed by atoms with Crippen molar-refractivity contribution in [2.24, 2.45) is 0 Å². The van der Waals surface area contributed by atoms with Gasteiger partial charge in [0.1, 0.15) is 11.9 Å². The lowest BCUT2D eigenvalue weighted by Crippen LogP contribution is -2.23. The Balaban J connectivity index is 1.62. The van der Waals surface area contributed by atoms with E-state index in [0.29, 0.717) is 0 Å². The number of ether oxygens (including phenoxy) is 1. The molecule has 2 aromatic carbocycles. The summed E-state index contributed by atoms with van der Waals surface area (Å²) >= 11 is 0.